The molecule has 0 unspecified atom stereocenters. The van der Waals surface area contributed by atoms with E-state index in [9.17, 15) is 0 Å². The standard InChI is InChI=1S/C11H16BrN5/c1-3-17-10(11(12)8(2)15-17)7-16-6-9(4-13)5-14-16/h5-6H,3-4,7,13H2,1-2H3. The first-order chi connectivity index (χ1) is 8.15. The molecule has 0 atom stereocenters. The van der Waals surface area contributed by atoms with Crippen LogP contribution in [-0.4, -0.2) is 19.6 Å². The van der Waals surface area contributed by atoms with Gasteiger partial charge < -0.3 is 5.73 Å². The summed E-state index contributed by atoms with van der Waals surface area (Å²) in [6.07, 6.45) is 3.77. The highest BCUT2D eigenvalue weighted by atomic mass is 79.9. The van der Waals surface area contributed by atoms with Crippen LogP contribution in [0.3, 0.4) is 0 Å². The van der Waals surface area contributed by atoms with Crippen molar-refractivity contribution in [1.29, 1.82) is 0 Å². The summed E-state index contributed by atoms with van der Waals surface area (Å²) in [6.45, 7) is 6.15. The minimum atomic E-state index is 0.521. The molecule has 0 aromatic carbocycles. The number of rotatable bonds is 4. The van der Waals surface area contributed by atoms with Crippen LogP contribution in [0.25, 0.3) is 0 Å². The number of hydrogen-bond acceptors (Lipinski definition) is 3. The van der Waals surface area contributed by atoms with E-state index in [1.54, 1.807) is 6.20 Å². The number of aryl methyl sites for hydroxylation is 2. The predicted octanol–water partition coefficient (Wildman–Crippen LogP) is 1.68. The van der Waals surface area contributed by atoms with Gasteiger partial charge in [0, 0.05) is 24.8 Å². The van der Waals surface area contributed by atoms with Crippen LogP contribution in [0.2, 0.25) is 0 Å². The van der Waals surface area contributed by atoms with Gasteiger partial charge in [0.15, 0.2) is 0 Å². The van der Waals surface area contributed by atoms with Gasteiger partial charge in [-0.15, -0.1) is 0 Å². The molecule has 0 bridgehead atoms. The molecular weight excluding hydrogens is 282 g/mol. The third kappa shape index (κ3) is 2.42. The quantitative estimate of drug-likeness (QED) is 0.934. The lowest BCUT2D eigenvalue weighted by Crippen LogP contribution is -2.08. The van der Waals surface area contributed by atoms with Gasteiger partial charge in [-0.1, -0.05) is 0 Å². The van der Waals surface area contributed by atoms with E-state index in [0.29, 0.717) is 13.1 Å². The summed E-state index contributed by atoms with van der Waals surface area (Å²) >= 11 is 3.57. The van der Waals surface area contributed by atoms with E-state index in [1.807, 2.05) is 22.5 Å². The topological polar surface area (TPSA) is 61.7 Å². The van der Waals surface area contributed by atoms with Crippen molar-refractivity contribution in [3.63, 3.8) is 0 Å². The molecule has 2 aromatic rings. The molecule has 92 valence electrons. The second-order valence-electron chi connectivity index (χ2n) is 3.91. The molecule has 0 saturated carbocycles. The molecule has 0 radical (unpaired) electrons. The molecule has 0 saturated heterocycles. The molecule has 17 heavy (non-hydrogen) atoms. The summed E-state index contributed by atoms with van der Waals surface area (Å²) in [5.74, 6) is 0. The molecule has 0 aliphatic rings. The third-order valence-electron chi connectivity index (χ3n) is 2.69. The minimum Gasteiger partial charge on any atom is -0.326 e. The van der Waals surface area contributed by atoms with Crippen LogP contribution in [0.4, 0.5) is 0 Å². The van der Waals surface area contributed by atoms with Crippen molar-refractivity contribution in [3.8, 4) is 0 Å². The monoisotopic (exact) mass is 297 g/mol. The van der Waals surface area contributed by atoms with Crippen molar-refractivity contribution in [3.05, 3.63) is 33.8 Å². The SMILES string of the molecule is CCn1nc(C)c(Br)c1Cn1cc(CN)cn1. The fourth-order valence-electron chi connectivity index (χ4n) is 1.77. The number of halogens is 1. The van der Waals surface area contributed by atoms with Crippen molar-refractivity contribution in [2.75, 3.05) is 0 Å². The fraction of sp³-hybridized carbons (Fsp3) is 0.455. The smallest absolute Gasteiger partial charge is 0.0839 e. The normalized spacial score (nSPS) is 11.1. The van der Waals surface area contributed by atoms with Crippen molar-refractivity contribution in [2.45, 2.75) is 33.5 Å². The van der Waals surface area contributed by atoms with Crippen LogP contribution in [0.15, 0.2) is 16.9 Å². The molecule has 2 N–H and O–H groups in total. The first-order valence-corrected chi connectivity index (χ1v) is 6.38. The van der Waals surface area contributed by atoms with Gasteiger partial charge in [-0.05, 0) is 29.8 Å². The van der Waals surface area contributed by atoms with Crippen LogP contribution in [0.5, 0.6) is 0 Å². The Morgan fingerprint density at radius 3 is 2.82 bits per heavy atom. The van der Waals surface area contributed by atoms with Crippen LogP contribution in [-0.2, 0) is 19.6 Å². The molecule has 0 amide bonds. The molecule has 6 heteroatoms. The molecule has 2 aromatic heterocycles. The highest BCUT2D eigenvalue weighted by molar-refractivity contribution is 9.10. The molecule has 2 heterocycles. The maximum atomic E-state index is 5.57. The van der Waals surface area contributed by atoms with E-state index in [-0.39, 0.29) is 0 Å². The van der Waals surface area contributed by atoms with Crippen LogP contribution in [0, 0.1) is 6.92 Å². The molecule has 0 spiro atoms. The van der Waals surface area contributed by atoms with Crippen molar-refractivity contribution in [2.24, 2.45) is 5.73 Å². The van der Waals surface area contributed by atoms with Crippen LogP contribution in [0.1, 0.15) is 23.9 Å². The lowest BCUT2D eigenvalue weighted by atomic mass is 10.3. The van der Waals surface area contributed by atoms with Gasteiger partial charge in [0.1, 0.15) is 0 Å². The van der Waals surface area contributed by atoms with Crippen LogP contribution < -0.4 is 5.73 Å². The summed E-state index contributed by atoms with van der Waals surface area (Å²) in [4.78, 5) is 0. The summed E-state index contributed by atoms with van der Waals surface area (Å²) in [5.41, 5.74) is 8.75. The number of hydrogen-bond donors (Lipinski definition) is 1. The van der Waals surface area contributed by atoms with E-state index < -0.39 is 0 Å². The second-order valence-corrected chi connectivity index (χ2v) is 4.71. The average Bonchev–Trinajstić information content (AvgIpc) is 2.89. The highest BCUT2D eigenvalue weighted by Gasteiger charge is 2.12. The van der Waals surface area contributed by atoms with Gasteiger partial charge in [0.05, 0.1) is 28.6 Å². The lowest BCUT2D eigenvalue weighted by molar-refractivity contribution is 0.574. The van der Waals surface area contributed by atoms with Gasteiger partial charge in [0.25, 0.3) is 0 Å². The van der Waals surface area contributed by atoms with E-state index in [4.69, 9.17) is 5.73 Å². The third-order valence-corrected chi connectivity index (χ3v) is 3.72. The zero-order valence-corrected chi connectivity index (χ0v) is 11.6. The Labute approximate surface area is 109 Å². The van der Waals surface area contributed by atoms with Gasteiger partial charge in [-0.2, -0.15) is 10.2 Å². The van der Waals surface area contributed by atoms with Crippen molar-refractivity contribution in [1.82, 2.24) is 19.6 Å². The first-order valence-electron chi connectivity index (χ1n) is 5.58. The molecule has 0 aliphatic heterocycles. The predicted molar refractivity (Wildman–Crippen MR) is 69.6 cm³/mol. The molecule has 0 aliphatic carbocycles. The zero-order chi connectivity index (χ0) is 12.4. The Bertz CT molecular complexity index is 514. The Morgan fingerprint density at radius 2 is 2.24 bits per heavy atom. The Morgan fingerprint density at radius 1 is 1.47 bits per heavy atom. The summed E-state index contributed by atoms with van der Waals surface area (Å²) in [7, 11) is 0. The Kier molecular flexibility index (Phi) is 3.63. The van der Waals surface area contributed by atoms with E-state index >= 15 is 0 Å². The minimum absolute atomic E-state index is 0.521. The van der Waals surface area contributed by atoms with E-state index in [0.717, 1.165) is 28.0 Å². The van der Waals surface area contributed by atoms with E-state index in [2.05, 4.69) is 33.1 Å². The second kappa shape index (κ2) is 5.01. The fourth-order valence-corrected chi connectivity index (χ4v) is 2.18. The maximum Gasteiger partial charge on any atom is 0.0839 e. The molecule has 5 nitrogen and oxygen atoms in total. The molecule has 2 rings (SSSR count). The van der Waals surface area contributed by atoms with Crippen molar-refractivity contribution >= 4 is 15.9 Å². The molecule has 0 fully saturated rings. The van der Waals surface area contributed by atoms with Gasteiger partial charge in [-0.25, -0.2) is 0 Å². The number of nitrogens with two attached hydrogens (primary N) is 1. The lowest BCUT2D eigenvalue weighted by Gasteiger charge is -2.05. The number of nitrogens with zero attached hydrogens (tertiary/aromatic N) is 4. The summed E-state index contributed by atoms with van der Waals surface area (Å²) in [5, 5.41) is 8.74. The summed E-state index contributed by atoms with van der Waals surface area (Å²) < 4.78 is 4.93. The Balaban J connectivity index is 2.28. The van der Waals surface area contributed by atoms with Gasteiger partial charge in [0.2, 0.25) is 0 Å². The average molecular weight is 298 g/mol. The zero-order valence-electron chi connectivity index (χ0n) is 10.0. The summed E-state index contributed by atoms with van der Waals surface area (Å²) in [6, 6.07) is 0. The van der Waals surface area contributed by atoms with E-state index in [1.165, 1.54) is 0 Å². The first kappa shape index (κ1) is 12.3. The molecular formula is C11H16BrN5. The largest absolute Gasteiger partial charge is 0.326 e. The van der Waals surface area contributed by atoms with Gasteiger partial charge >= 0.3 is 0 Å². The van der Waals surface area contributed by atoms with Crippen LogP contribution >= 0.6 is 15.9 Å². The van der Waals surface area contributed by atoms with Crippen molar-refractivity contribution < 1.29 is 0 Å². The van der Waals surface area contributed by atoms with Gasteiger partial charge in [-0.3, -0.25) is 9.36 Å². The Hall–Kier alpha value is -1.14. The highest BCUT2D eigenvalue weighted by Crippen LogP contribution is 2.21. The maximum absolute atomic E-state index is 5.57. The number of aromatic nitrogens is 4.